The number of rotatable bonds is 8. The molecule has 0 unspecified atom stereocenters. The van der Waals surface area contributed by atoms with Crippen LogP contribution in [0.2, 0.25) is 18.1 Å². The van der Waals surface area contributed by atoms with Crippen LogP contribution in [-0.2, 0) is 13.9 Å². The Morgan fingerprint density at radius 1 is 1.35 bits per heavy atom. The lowest BCUT2D eigenvalue weighted by Crippen LogP contribution is -2.47. The van der Waals surface area contributed by atoms with Crippen LogP contribution in [0.25, 0.3) is 0 Å². The Morgan fingerprint density at radius 3 is 2.43 bits per heavy atom. The molecule has 4 nitrogen and oxygen atoms in total. The maximum Gasteiger partial charge on any atom is 0.191 e. The summed E-state index contributed by atoms with van der Waals surface area (Å²) in [5, 5.41) is 11.3. The summed E-state index contributed by atoms with van der Waals surface area (Å²) in [7, 11) is -0.243. The van der Waals surface area contributed by atoms with Crippen LogP contribution in [0.5, 0.6) is 0 Å². The van der Waals surface area contributed by atoms with Gasteiger partial charge in [0.2, 0.25) is 0 Å². The highest BCUT2D eigenvalue weighted by Crippen LogP contribution is 2.45. The molecular formula is C18H36O4Si. The monoisotopic (exact) mass is 344 g/mol. The molecule has 1 saturated carbocycles. The van der Waals surface area contributed by atoms with E-state index in [0.717, 1.165) is 0 Å². The molecule has 1 aliphatic carbocycles. The highest BCUT2D eigenvalue weighted by atomic mass is 28.4. The van der Waals surface area contributed by atoms with Crippen molar-refractivity contribution in [1.29, 1.82) is 0 Å². The second-order valence-electron chi connectivity index (χ2n) is 8.49. The Bertz CT molecular complexity index is 391. The zero-order valence-electron chi connectivity index (χ0n) is 16.0. The molecule has 1 rings (SSSR count). The van der Waals surface area contributed by atoms with Crippen molar-refractivity contribution in [2.45, 2.75) is 70.4 Å². The van der Waals surface area contributed by atoms with E-state index in [1.54, 1.807) is 13.2 Å². The van der Waals surface area contributed by atoms with Crippen LogP contribution in [-0.4, -0.2) is 45.6 Å². The van der Waals surface area contributed by atoms with Gasteiger partial charge in [0, 0.05) is 19.6 Å². The molecule has 0 radical (unpaired) electrons. The van der Waals surface area contributed by atoms with Gasteiger partial charge in [0.1, 0.15) is 6.79 Å². The standard InChI is InChI=1S/C18H36O4Si/c1-9-10-18(19)11-14(2)16(21-13-20-6)15(18)12-22-23(7,8)17(3,4)5/h9,14-16,19H,1,10-13H2,2-8H3/t14-,15-,16-,18+/m0/s1. The van der Waals surface area contributed by atoms with Gasteiger partial charge in [-0.1, -0.05) is 33.8 Å². The molecule has 0 saturated heterocycles. The minimum atomic E-state index is -1.86. The third kappa shape index (κ3) is 4.89. The van der Waals surface area contributed by atoms with Gasteiger partial charge in [0.15, 0.2) is 8.32 Å². The van der Waals surface area contributed by atoms with Gasteiger partial charge in [0.25, 0.3) is 0 Å². The van der Waals surface area contributed by atoms with Gasteiger partial charge in [-0.25, -0.2) is 0 Å². The molecule has 0 spiro atoms. The first-order valence-corrected chi connectivity index (χ1v) is 11.5. The van der Waals surface area contributed by atoms with Crippen molar-refractivity contribution in [2.24, 2.45) is 11.8 Å². The van der Waals surface area contributed by atoms with Crippen LogP contribution in [0.4, 0.5) is 0 Å². The van der Waals surface area contributed by atoms with Gasteiger partial charge in [0.05, 0.1) is 11.7 Å². The van der Waals surface area contributed by atoms with E-state index in [1.807, 2.05) is 0 Å². The first-order valence-electron chi connectivity index (χ1n) is 8.56. The van der Waals surface area contributed by atoms with Gasteiger partial charge >= 0.3 is 0 Å². The number of aliphatic hydroxyl groups is 1. The minimum absolute atomic E-state index is 0.0512. The van der Waals surface area contributed by atoms with E-state index in [9.17, 15) is 5.11 Å². The third-order valence-electron chi connectivity index (χ3n) is 5.63. The average molecular weight is 345 g/mol. The lowest BCUT2D eigenvalue weighted by atomic mass is 9.87. The molecule has 5 heteroatoms. The molecular weight excluding hydrogens is 308 g/mol. The van der Waals surface area contributed by atoms with E-state index < -0.39 is 13.9 Å². The van der Waals surface area contributed by atoms with E-state index >= 15 is 0 Å². The van der Waals surface area contributed by atoms with Crippen molar-refractivity contribution >= 4 is 8.32 Å². The van der Waals surface area contributed by atoms with E-state index in [1.165, 1.54) is 0 Å². The van der Waals surface area contributed by atoms with Gasteiger partial charge in [-0.3, -0.25) is 0 Å². The van der Waals surface area contributed by atoms with Crippen molar-refractivity contribution in [2.75, 3.05) is 20.5 Å². The van der Waals surface area contributed by atoms with Crippen molar-refractivity contribution in [1.82, 2.24) is 0 Å². The predicted molar refractivity (Wildman–Crippen MR) is 96.9 cm³/mol. The largest absolute Gasteiger partial charge is 0.416 e. The van der Waals surface area contributed by atoms with Gasteiger partial charge in [-0.15, -0.1) is 6.58 Å². The zero-order valence-corrected chi connectivity index (χ0v) is 17.0. The van der Waals surface area contributed by atoms with Crippen molar-refractivity contribution in [3.63, 3.8) is 0 Å². The maximum atomic E-state index is 11.1. The summed E-state index contributed by atoms with van der Waals surface area (Å²) in [6.07, 6.45) is 3.02. The normalized spacial score (nSPS) is 32.3. The topological polar surface area (TPSA) is 47.9 Å². The van der Waals surface area contributed by atoms with E-state index in [2.05, 4.69) is 47.4 Å². The summed E-state index contributed by atoms with van der Waals surface area (Å²) in [6, 6.07) is 0. The number of ether oxygens (including phenoxy) is 2. The highest BCUT2D eigenvalue weighted by Gasteiger charge is 2.52. The zero-order chi connectivity index (χ0) is 17.9. The van der Waals surface area contributed by atoms with Crippen LogP contribution < -0.4 is 0 Å². The Morgan fingerprint density at radius 2 is 1.96 bits per heavy atom. The van der Waals surface area contributed by atoms with Crippen LogP contribution in [0, 0.1) is 11.8 Å². The Labute approximate surface area is 143 Å². The molecule has 0 aliphatic heterocycles. The Kier molecular flexibility index (Phi) is 7.05. The second-order valence-corrected chi connectivity index (χ2v) is 13.3. The Balaban J connectivity index is 2.91. The smallest absolute Gasteiger partial charge is 0.191 e. The highest BCUT2D eigenvalue weighted by molar-refractivity contribution is 6.74. The number of methoxy groups -OCH3 is 1. The Hall–Kier alpha value is -0.203. The van der Waals surface area contributed by atoms with E-state index in [0.29, 0.717) is 19.4 Å². The molecule has 0 amide bonds. The van der Waals surface area contributed by atoms with Crippen LogP contribution >= 0.6 is 0 Å². The maximum absolute atomic E-state index is 11.1. The summed E-state index contributed by atoms with van der Waals surface area (Å²) < 4.78 is 17.4. The summed E-state index contributed by atoms with van der Waals surface area (Å²) in [4.78, 5) is 0. The number of hydrogen-bond donors (Lipinski definition) is 1. The summed E-state index contributed by atoms with van der Waals surface area (Å²) >= 11 is 0. The van der Waals surface area contributed by atoms with Crippen LogP contribution in [0.1, 0.15) is 40.5 Å². The molecule has 1 fully saturated rings. The molecule has 0 bridgehead atoms. The van der Waals surface area contributed by atoms with Crippen molar-refractivity contribution in [3.05, 3.63) is 12.7 Å². The average Bonchev–Trinajstić information content (AvgIpc) is 2.63. The molecule has 0 aromatic rings. The van der Waals surface area contributed by atoms with E-state index in [-0.39, 0.29) is 29.8 Å². The summed E-state index contributed by atoms with van der Waals surface area (Å²) in [5.41, 5.74) is -0.804. The fourth-order valence-electron chi connectivity index (χ4n) is 3.20. The molecule has 4 atom stereocenters. The molecule has 0 aromatic carbocycles. The second kappa shape index (κ2) is 7.79. The fraction of sp³-hybridized carbons (Fsp3) is 0.889. The third-order valence-corrected chi connectivity index (χ3v) is 10.1. The van der Waals surface area contributed by atoms with Crippen molar-refractivity contribution < 1.29 is 19.0 Å². The van der Waals surface area contributed by atoms with Gasteiger partial charge < -0.3 is 19.0 Å². The van der Waals surface area contributed by atoms with Crippen LogP contribution in [0.3, 0.4) is 0 Å². The summed E-state index contributed by atoms with van der Waals surface area (Å²) in [6.45, 7) is 17.9. The molecule has 136 valence electrons. The molecule has 1 aliphatic rings. The molecule has 23 heavy (non-hydrogen) atoms. The van der Waals surface area contributed by atoms with Gasteiger partial charge in [-0.2, -0.15) is 0 Å². The first kappa shape index (κ1) is 20.8. The van der Waals surface area contributed by atoms with Crippen molar-refractivity contribution in [3.8, 4) is 0 Å². The summed E-state index contributed by atoms with van der Waals surface area (Å²) in [5.74, 6) is 0.211. The number of hydrogen-bond acceptors (Lipinski definition) is 4. The van der Waals surface area contributed by atoms with E-state index in [4.69, 9.17) is 13.9 Å². The lowest BCUT2D eigenvalue weighted by molar-refractivity contribution is -0.121. The van der Waals surface area contributed by atoms with Crippen LogP contribution in [0.15, 0.2) is 12.7 Å². The minimum Gasteiger partial charge on any atom is -0.416 e. The lowest BCUT2D eigenvalue weighted by Gasteiger charge is -2.40. The molecule has 0 aromatic heterocycles. The molecule has 0 heterocycles. The molecule has 1 N–H and O–H groups in total. The van der Waals surface area contributed by atoms with Gasteiger partial charge in [-0.05, 0) is 36.9 Å². The first-order chi connectivity index (χ1) is 10.5. The predicted octanol–water partition coefficient (Wildman–Crippen LogP) is 3.96. The fourth-order valence-corrected chi connectivity index (χ4v) is 4.23. The SMILES string of the molecule is C=CC[C@@]1(O)C[C@H](C)[C@H](OCOC)[C@@H]1CO[Si](C)(C)C(C)(C)C. The quantitative estimate of drug-likeness (QED) is 0.411.